The Bertz CT molecular complexity index is 219. The molecule has 0 spiro atoms. The van der Waals surface area contributed by atoms with Gasteiger partial charge in [0.1, 0.15) is 0 Å². The van der Waals surface area contributed by atoms with Gasteiger partial charge in [-0.15, -0.1) is 0 Å². The van der Waals surface area contributed by atoms with Crippen LogP contribution in [0.2, 0.25) is 0 Å². The number of hydrogen-bond donors (Lipinski definition) is 0. The van der Waals surface area contributed by atoms with Crippen molar-refractivity contribution in [2.24, 2.45) is 4.99 Å². The summed E-state index contributed by atoms with van der Waals surface area (Å²) < 4.78 is 0. The molecule has 0 saturated heterocycles. The summed E-state index contributed by atoms with van der Waals surface area (Å²) in [4.78, 5) is 3.79. The summed E-state index contributed by atoms with van der Waals surface area (Å²) in [5, 5.41) is 0. The molecule has 0 saturated carbocycles. The first kappa shape index (κ1) is 9.63. The number of allylic oxidation sites excluding steroid dienone is 4. The van der Waals surface area contributed by atoms with Gasteiger partial charge in [0.05, 0.1) is 5.70 Å². The average molecular weight is 147 g/mol. The fourth-order valence-corrected chi connectivity index (χ4v) is 0.553. The SMILES string of the molecule is C=CC(=C)/C(=C\C=C/C)N=C. The van der Waals surface area contributed by atoms with Crippen molar-refractivity contribution in [2.75, 3.05) is 0 Å². The molecule has 1 nitrogen and oxygen atoms in total. The van der Waals surface area contributed by atoms with E-state index in [-0.39, 0.29) is 0 Å². The van der Waals surface area contributed by atoms with Crippen LogP contribution in [0.1, 0.15) is 6.92 Å². The molecule has 0 atom stereocenters. The highest BCUT2D eigenvalue weighted by Crippen LogP contribution is 2.08. The van der Waals surface area contributed by atoms with Crippen molar-refractivity contribution in [3.05, 3.63) is 48.7 Å². The Kier molecular flexibility index (Phi) is 4.74. The summed E-state index contributed by atoms with van der Waals surface area (Å²) >= 11 is 0. The van der Waals surface area contributed by atoms with Gasteiger partial charge in [0, 0.05) is 0 Å². The van der Waals surface area contributed by atoms with Gasteiger partial charge in [0.25, 0.3) is 0 Å². The third kappa shape index (κ3) is 3.36. The Morgan fingerprint density at radius 3 is 2.45 bits per heavy atom. The van der Waals surface area contributed by atoms with Gasteiger partial charge < -0.3 is 0 Å². The maximum absolute atomic E-state index is 3.79. The topological polar surface area (TPSA) is 12.4 Å². The summed E-state index contributed by atoms with van der Waals surface area (Å²) in [6.07, 6.45) is 7.31. The zero-order chi connectivity index (χ0) is 8.69. The molecule has 0 aromatic heterocycles. The van der Waals surface area contributed by atoms with E-state index < -0.39 is 0 Å². The molecule has 0 bridgehead atoms. The van der Waals surface area contributed by atoms with Crippen molar-refractivity contribution in [3.8, 4) is 0 Å². The van der Waals surface area contributed by atoms with Crippen molar-refractivity contribution in [2.45, 2.75) is 6.92 Å². The third-order valence-corrected chi connectivity index (χ3v) is 1.19. The van der Waals surface area contributed by atoms with E-state index in [0.29, 0.717) is 0 Å². The van der Waals surface area contributed by atoms with E-state index >= 15 is 0 Å². The Labute approximate surface area is 68.2 Å². The molecule has 0 aliphatic rings. The third-order valence-electron chi connectivity index (χ3n) is 1.19. The lowest BCUT2D eigenvalue weighted by Crippen LogP contribution is -1.78. The normalized spacial score (nSPS) is 11.5. The molecule has 0 rings (SSSR count). The van der Waals surface area contributed by atoms with Crippen LogP contribution >= 0.6 is 0 Å². The van der Waals surface area contributed by atoms with Crippen LogP contribution in [0.3, 0.4) is 0 Å². The van der Waals surface area contributed by atoms with Crippen molar-refractivity contribution in [3.63, 3.8) is 0 Å². The van der Waals surface area contributed by atoms with Gasteiger partial charge in [-0.2, -0.15) is 0 Å². The molecule has 58 valence electrons. The van der Waals surface area contributed by atoms with Crippen molar-refractivity contribution >= 4 is 6.72 Å². The maximum atomic E-state index is 3.79. The van der Waals surface area contributed by atoms with Crippen molar-refractivity contribution < 1.29 is 0 Å². The lowest BCUT2D eigenvalue weighted by molar-refractivity contribution is 1.38. The van der Waals surface area contributed by atoms with Crippen LogP contribution in [0.4, 0.5) is 0 Å². The van der Waals surface area contributed by atoms with Crippen LogP contribution in [-0.4, -0.2) is 6.72 Å². The Balaban J connectivity index is 4.51. The fourth-order valence-electron chi connectivity index (χ4n) is 0.553. The monoisotopic (exact) mass is 147 g/mol. The van der Waals surface area contributed by atoms with Gasteiger partial charge >= 0.3 is 0 Å². The predicted molar refractivity (Wildman–Crippen MR) is 51.8 cm³/mol. The van der Waals surface area contributed by atoms with E-state index in [0.717, 1.165) is 11.3 Å². The van der Waals surface area contributed by atoms with Crippen LogP contribution in [0.5, 0.6) is 0 Å². The van der Waals surface area contributed by atoms with Gasteiger partial charge in [0.2, 0.25) is 0 Å². The van der Waals surface area contributed by atoms with Crippen molar-refractivity contribution in [1.29, 1.82) is 0 Å². The van der Waals surface area contributed by atoms with Gasteiger partial charge in [-0.3, -0.25) is 4.99 Å². The Hall–Kier alpha value is -1.37. The first-order chi connectivity index (χ1) is 5.26. The lowest BCUT2D eigenvalue weighted by Gasteiger charge is -1.96. The molecule has 0 aromatic rings. The van der Waals surface area contributed by atoms with E-state index in [1.54, 1.807) is 6.08 Å². The summed E-state index contributed by atoms with van der Waals surface area (Å²) in [5.74, 6) is 0. The molecule has 0 heterocycles. The first-order valence-corrected chi connectivity index (χ1v) is 3.37. The molecule has 11 heavy (non-hydrogen) atoms. The summed E-state index contributed by atoms with van der Waals surface area (Å²) in [6, 6.07) is 0. The molecule has 0 fully saturated rings. The minimum atomic E-state index is 0.762. The molecule has 0 N–H and O–H groups in total. The van der Waals surface area contributed by atoms with E-state index in [1.807, 2.05) is 25.2 Å². The standard InChI is InChI=1S/C10H13N/c1-5-7-8-10(11-4)9(3)6-2/h5-8H,2-4H2,1H3/b7-5-,10-8+. The number of aliphatic imine (C=N–C) groups is 1. The summed E-state index contributed by atoms with van der Waals surface area (Å²) in [7, 11) is 0. The molecule has 0 amide bonds. The number of hydrogen-bond acceptors (Lipinski definition) is 1. The lowest BCUT2D eigenvalue weighted by atomic mass is 10.2. The van der Waals surface area contributed by atoms with E-state index in [4.69, 9.17) is 0 Å². The molecule has 0 radical (unpaired) electrons. The summed E-state index contributed by atoms with van der Waals surface area (Å²) in [6.45, 7) is 12.7. The molecule has 0 unspecified atom stereocenters. The maximum Gasteiger partial charge on any atom is 0.0688 e. The Morgan fingerprint density at radius 1 is 1.45 bits per heavy atom. The minimum absolute atomic E-state index is 0.762. The van der Waals surface area contributed by atoms with E-state index in [9.17, 15) is 0 Å². The van der Waals surface area contributed by atoms with Crippen LogP contribution in [0.25, 0.3) is 0 Å². The second-order valence-electron chi connectivity index (χ2n) is 1.97. The van der Waals surface area contributed by atoms with Crippen LogP contribution in [0, 0.1) is 0 Å². The highest BCUT2D eigenvalue weighted by molar-refractivity contribution is 5.43. The number of nitrogens with zero attached hydrogens (tertiary/aromatic N) is 1. The van der Waals surface area contributed by atoms with Crippen LogP contribution in [0.15, 0.2) is 53.7 Å². The predicted octanol–water partition coefficient (Wildman–Crippen LogP) is 2.89. The number of rotatable bonds is 4. The average Bonchev–Trinajstić information content (AvgIpc) is 2.05. The van der Waals surface area contributed by atoms with E-state index in [1.165, 1.54) is 0 Å². The smallest absolute Gasteiger partial charge is 0.0688 e. The van der Waals surface area contributed by atoms with Gasteiger partial charge in [0.15, 0.2) is 0 Å². The first-order valence-electron chi connectivity index (χ1n) is 3.37. The minimum Gasteiger partial charge on any atom is -0.264 e. The molecule has 0 aromatic carbocycles. The summed E-state index contributed by atoms with van der Waals surface area (Å²) in [5.41, 5.74) is 1.55. The zero-order valence-corrected chi connectivity index (χ0v) is 6.88. The highest BCUT2D eigenvalue weighted by Gasteiger charge is 1.91. The van der Waals surface area contributed by atoms with Crippen LogP contribution in [-0.2, 0) is 0 Å². The second-order valence-corrected chi connectivity index (χ2v) is 1.97. The molecule has 0 aliphatic carbocycles. The highest BCUT2D eigenvalue weighted by atomic mass is 14.7. The van der Waals surface area contributed by atoms with Gasteiger partial charge in [-0.05, 0) is 25.3 Å². The zero-order valence-electron chi connectivity index (χ0n) is 6.88. The molecule has 1 heteroatoms. The Morgan fingerprint density at radius 2 is 2.09 bits per heavy atom. The quantitative estimate of drug-likeness (QED) is 0.428. The van der Waals surface area contributed by atoms with Gasteiger partial charge in [-0.25, -0.2) is 0 Å². The largest absolute Gasteiger partial charge is 0.264 e. The van der Waals surface area contributed by atoms with Crippen LogP contribution < -0.4 is 0 Å². The van der Waals surface area contributed by atoms with E-state index in [2.05, 4.69) is 24.9 Å². The second kappa shape index (κ2) is 5.42. The van der Waals surface area contributed by atoms with Gasteiger partial charge in [-0.1, -0.05) is 31.4 Å². The molecular weight excluding hydrogens is 134 g/mol. The molecular formula is C10H13N. The fraction of sp³-hybridized carbons (Fsp3) is 0.100. The van der Waals surface area contributed by atoms with Crippen molar-refractivity contribution in [1.82, 2.24) is 0 Å². The molecule has 0 aliphatic heterocycles.